The van der Waals surface area contributed by atoms with Crippen LogP contribution in [0.15, 0.2) is 30.3 Å². The van der Waals surface area contributed by atoms with Crippen molar-refractivity contribution in [1.29, 1.82) is 0 Å². The summed E-state index contributed by atoms with van der Waals surface area (Å²) in [5.41, 5.74) is 2.42. The van der Waals surface area contributed by atoms with E-state index in [0.29, 0.717) is 17.0 Å². The summed E-state index contributed by atoms with van der Waals surface area (Å²) in [6.07, 6.45) is 0. The third kappa shape index (κ3) is 3.14. The topological polar surface area (TPSA) is 37.4 Å². The molecule has 0 fully saturated rings. The van der Waals surface area contributed by atoms with E-state index in [4.69, 9.17) is 0 Å². The molecule has 124 valence electrons. The van der Waals surface area contributed by atoms with Crippen molar-refractivity contribution in [2.24, 2.45) is 0 Å². The summed E-state index contributed by atoms with van der Waals surface area (Å²) in [4.78, 5) is 25.6. The van der Waals surface area contributed by atoms with Crippen molar-refractivity contribution >= 4 is 22.6 Å². The minimum atomic E-state index is -0.219. The van der Waals surface area contributed by atoms with E-state index in [1.165, 1.54) is 17.5 Å². The summed E-state index contributed by atoms with van der Waals surface area (Å²) < 4.78 is 0. The van der Waals surface area contributed by atoms with Crippen LogP contribution in [0.2, 0.25) is 0 Å². The molecule has 0 aromatic heterocycles. The van der Waals surface area contributed by atoms with Crippen molar-refractivity contribution in [3.8, 4) is 0 Å². The van der Waals surface area contributed by atoms with Crippen LogP contribution in [-0.2, 0) is 0 Å². The van der Waals surface area contributed by atoms with Gasteiger partial charge in [0.05, 0.1) is 0 Å². The van der Waals surface area contributed by atoms with Crippen molar-refractivity contribution in [2.75, 3.05) is 7.05 Å². The van der Waals surface area contributed by atoms with Crippen molar-refractivity contribution in [3.63, 3.8) is 0 Å². The first kappa shape index (κ1) is 18.9. The molecule has 2 aromatic rings. The minimum absolute atomic E-state index is 0.219. The van der Waals surface area contributed by atoms with E-state index in [2.05, 4.69) is 13.8 Å². The van der Waals surface area contributed by atoms with Crippen LogP contribution in [0.25, 0.3) is 10.8 Å². The molecule has 2 aromatic carbocycles. The fraction of sp³-hybridized carbons (Fsp3) is 0.400. The van der Waals surface area contributed by atoms with E-state index in [-0.39, 0.29) is 11.8 Å². The maximum absolute atomic E-state index is 12.2. The van der Waals surface area contributed by atoms with Crippen LogP contribution in [0.5, 0.6) is 0 Å². The van der Waals surface area contributed by atoms with Crippen LogP contribution in [0.1, 0.15) is 73.7 Å². The van der Waals surface area contributed by atoms with Gasteiger partial charge in [-0.1, -0.05) is 59.7 Å². The standard InChI is InChI=1S/C16H15NO2.2C2H6/c1-9(2)10-7-8-13-14-11(10)5-4-6-12(14)15(18)17(3)16(13)19;2*1-2/h4-9H,1-3H3;2*1-2H3. The molecule has 0 saturated heterocycles. The molecule has 3 nitrogen and oxygen atoms in total. The smallest absolute Gasteiger partial charge is 0.261 e. The summed E-state index contributed by atoms with van der Waals surface area (Å²) in [7, 11) is 1.53. The van der Waals surface area contributed by atoms with E-state index < -0.39 is 0 Å². The molecular weight excluding hydrogens is 286 g/mol. The highest BCUT2D eigenvalue weighted by Crippen LogP contribution is 2.34. The predicted molar refractivity (Wildman–Crippen MR) is 97.2 cm³/mol. The molecule has 0 saturated carbocycles. The average Bonchev–Trinajstić information content (AvgIpc) is 2.60. The first-order chi connectivity index (χ1) is 11.0. The molecule has 0 unspecified atom stereocenters. The third-order valence-corrected chi connectivity index (χ3v) is 3.77. The lowest BCUT2D eigenvalue weighted by Crippen LogP contribution is -2.36. The Kier molecular flexibility index (Phi) is 6.49. The molecule has 0 aliphatic carbocycles. The van der Waals surface area contributed by atoms with Gasteiger partial charge in [-0.3, -0.25) is 14.5 Å². The number of imide groups is 1. The van der Waals surface area contributed by atoms with E-state index in [9.17, 15) is 9.59 Å². The molecule has 0 atom stereocenters. The Morgan fingerprint density at radius 2 is 1.35 bits per heavy atom. The molecule has 3 heteroatoms. The number of carbonyl (C=O) groups is 2. The Morgan fingerprint density at radius 3 is 1.87 bits per heavy atom. The van der Waals surface area contributed by atoms with Crippen LogP contribution in [0.4, 0.5) is 0 Å². The maximum Gasteiger partial charge on any atom is 0.261 e. The second-order valence-corrected chi connectivity index (χ2v) is 5.25. The molecule has 1 aliphatic rings. The zero-order chi connectivity index (χ0) is 17.7. The Hall–Kier alpha value is -2.16. The lowest BCUT2D eigenvalue weighted by Gasteiger charge is -2.25. The highest BCUT2D eigenvalue weighted by Gasteiger charge is 2.30. The van der Waals surface area contributed by atoms with Gasteiger partial charge >= 0.3 is 0 Å². The second-order valence-electron chi connectivity index (χ2n) is 5.25. The SMILES string of the molecule is CC.CC.CC(C)c1ccc2c3c(cccc13)C(=O)N(C)C2=O. The number of benzene rings is 2. The fourth-order valence-electron chi connectivity index (χ4n) is 2.74. The lowest BCUT2D eigenvalue weighted by molar-refractivity contribution is 0.0650. The summed E-state index contributed by atoms with van der Waals surface area (Å²) in [6.45, 7) is 12.2. The highest BCUT2D eigenvalue weighted by atomic mass is 16.2. The van der Waals surface area contributed by atoms with E-state index in [1.807, 2.05) is 52.0 Å². The van der Waals surface area contributed by atoms with Gasteiger partial charge in [0.2, 0.25) is 0 Å². The number of hydrogen-bond acceptors (Lipinski definition) is 2. The third-order valence-electron chi connectivity index (χ3n) is 3.77. The van der Waals surface area contributed by atoms with E-state index >= 15 is 0 Å². The van der Waals surface area contributed by atoms with Crippen molar-refractivity contribution in [2.45, 2.75) is 47.5 Å². The van der Waals surface area contributed by atoms with Gasteiger partial charge in [0.1, 0.15) is 0 Å². The van der Waals surface area contributed by atoms with Crippen molar-refractivity contribution < 1.29 is 9.59 Å². The zero-order valence-electron chi connectivity index (χ0n) is 15.2. The highest BCUT2D eigenvalue weighted by molar-refractivity contribution is 6.25. The Balaban J connectivity index is 0.000000615. The van der Waals surface area contributed by atoms with Crippen LogP contribution in [-0.4, -0.2) is 23.8 Å². The molecule has 0 spiro atoms. The predicted octanol–water partition coefficient (Wildman–Crippen LogP) is 5.24. The van der Waals surface area contributed by atoms with Gasteiger partial charge in [0.25, 0.3) is 11.8 Å². The normalized spacial score (nSPS) is 12.6. The first-order valence-electron chi connectivity index (χ1n) is 8.40. The maximum atomic E-state index is 12.2. The summed E-state index contributed by atoms with van der Waals surface area (Å²) >= 11 is 0. The monoisotopic (exact) mass is 313 g/mol. The minimum Gasteiger partial charge on any atom is -0.277 e. The molecule has 0 bridgehead atoms. The van der Waals surface area contributed by atoms with E-state index in [0.717, 1.165) is 10.8 Å². The summed E-state index contributed by atoms with van der Waals surface area (Å²) in [5, 5.41) is 1.82. The van der Waals surface area contributed by atoms with Crippen LogP contribution >= 0.6 is 0 Å². The molecule has 1 heterocycles. The van der Waals surface area contributed by atoms with Gasteiger partial charge in [-0.15, -0.1) is 0 Å². The average molecular weight is 313 g/mol. The molecule has 3 rings (SSSR count). The van der Waals surface area contributed by atoms with Crippen LogP contribution in [0, 0.1) is 0 Å². The fourth-order valence-corrected chi connectivity index (χ4v) is 2.74. The van der Waals surface area contributed by atoms with Crippen LogP contribution in [0.3, 0.4) is 0 Å². The largest absolute Gasteiger partial charge is 0.277 e. The second kappa shape index (κ2) is 7.91. The zero-order valence-corrected chi connectivity index (χ0v) is 15.2. The molecule has 2 amide bonds. The molecule has 23 heavy (non-hydrogen) atoms. The number of nitrogens with zero attached hydrogens (tertiary/aromatic N) is 1. The Labute approximate surface area is 139 Å². The summed E-state index contributed by atoms with van der Waals surface area (Å²) in [6, 6.07) is 9.50. The van der Waals surface area contributed by atoms with Crippen molar-refractivity contribution in [3.05, 3.63) is 47.0 Å². The van der Waals surface area contributed by atoms with Gasteiger partial charge in [-0.25, -0.2) is 0 Å². The van der Waals surface area contributed by atoms with Gasteiger partial charge in [-0.05, 0) is 29.0 Å². The molecule has 0 radical (unpaired) electrons. The van der Waals surface area contributed by atoms with Crippen LogP contribution < -0.4 is 0 Å². The van der Waals surface area contributed by atoms with E-state index in [1.54, 1.807) is 6.07 Å². The summed E-state index contributed by atoms with van der Waals surface area (Å²) in [5.74, 6) is -0.0813. The quantitative estimate of drug-likeness (QED) is 0.675. The molecule has 0 N–H and O–H groups in total. The van der Waals surface area contributed by atoms with Gasteiger partial charge in [0, 0.05) is 23.6 Å². The van der Waals surface area contributed by atoms with Gasteiger partial charge in [0.15, 0.2) is 0 Å². The van der Waals surface area contributed by atoms with Gasteiger partial charge < -0.3 is 0 Å². The number of amides is 2. The number of rotatable bonds is 1. The Morgan fingerprint density at radius 1 is 0.826 bits per heavy atom. The first-order valence-corrected chi connectivity index (χ1v) is 8.40. The van der Waals surface area contributed by atoms with Gasteiger partial charge in [-0.2, -0.15) is 0 Å². The lowest BCUT2D eigenvalue weighted by atomic mass is 9.88. The number of hydrogen-bond donors (Lipinski definition) is 0. The molecular formula is C20H27NO2. The van der Waals surface area contributed by atoms with Crippen molar-refractivity contribution in [1.82, 2.24) is 4.90 Å². The molecule has 1 aliphatic heterocycles. The number of carbonyl (C=O) groups excluding carboxylic acids is 2. The Bertz CT molecular complexity index is 695.